The summed E-state index contributed by atoms with van der Waals surface area (Å²) in [4.78, 5) is 33.4. The molecule has 0 saturated heterocycles. The van der Waals surface area contributed by atoms with Gasteiger partial charge in [0.15, 0.2) is 0 Å². The number of pyridine rings is 2. The van der Waals surface area contributed by atoms with Gasteiger partial charge in [0.2, 0.25) is 0 Å². The molecule has 0 aliphatic carbocycles. The first kappa shape index (κ1) is 26.3. The number of hydrogen-bond donors (Lipinski definition) is 2. The number of nitrogens with zero attached hydrogens (tertiary/aromatic N) is 4. The van der Waals surface area contributed by atoms with Crippen LogP contribution in [0.2, 0.25) is 0 Å². The van der Waals surface area contributed by atoms with Crippen molar-refractivity contribution < 1.29 is 22.8 Å². The zero-order valence-electron chi connectivity index (χ0n) is 20.8. The van der Waals surface area contributed by atoms with Crippen LogP contribution in [0.15, 0.2) is 104 Å². The standard InChI is InChI=1S/C29H21F3N6O2/c30-29(31,32)25-15-24(22-10-5-13-33-17-22)37-38(25)23-11-12-26(34-18-23)36-28(40)21-9-4-8-20(14-21)27(39)35-16-19-6-2-1-3-7-19/h1-15,17-18H,16H2,(H,35,39)(H,34,36,40). The van der Waals surface area contributed by atoms with Crippen LogP contribution < -0.4 is 10.6 Å². The minimum absolute atomic E-state index is 0.0533. The average molecular weight is 543 g/mol. The molecule has 200 valence electrons. The first-order valence-corrected chi connectivity index (χ1v) is 12.1. The van der Waals surface area contributed by atoms with Crippen molar-refractivity contribution in [3.05, 3.63) is 126 Å². The van der Waals surface area contributed by atoms with Crippen molar-refractivity contribution >= 4 is 17.6 Å². The lowest BCUT2D eigenvalue weighted by Gasteiger charge is -2.11. The molecule has 11 heteroatoms. The van der Waals surface area contributed by atoms with Gasteiger partial charge >= 0.3 is 6.18 Å². The molecule has 2 N–H and O–H groups in total. The first-order valence-electron chi connectivity index (χ1n) is 12.1. The smallest absolute Gasteiger partial charge is 0.348 e. The van der Waals surface area contributed by atoms with Gasteiger partial charge in [-0.1, -0.05) is 36.4 Å². The lowest BCUT2D eigenvalue weighted by molar-refractivity contribution is -0.142. The zero-order chi connectivity index (χ0) is 28.1. The van der Waals surface area contributed by atoms with E-state index in [9.17, 15) is 22.8 Å². The van der Waals surface area contributed by atoms with Gasteiger partial charge < -0.3 is 10.6 Å². The number of carbonyl (C=O) groups is 2. The van der Waals surface area contributed by atoms with Crippen molar-refractivity contribution in [1.82, 2.24) is 25.1 Å². The summed E-state index contributed by atoms with van der Waals surface area (Å²) in [6, 6.07) is 22.4. The first-order chi connectivity index (χ1) is 19.3. The van der Waals surface area contributed by atoms with Crippen LogP contribution in [0.25, 0.3) is 16.9 Å². The number of benzene rings is 2. The van der Waals surface area contributed by atoms with Crippen LogP contribution in [0.4, 0.5) is 19.0 Å². The van der Waals surface area contributed by atoms with E-state index in [0.717, 1.165) is 16.3 Å². The number of hydrogen-bond acceptors (Lipinski definition) is 5. The molecule has 0 bridgehead atoms. The summed E-state index contributed by atoms with van der Waals surface area (Å²) in [5, 5.41) is 9.51. The van der Waals surface area contributed by atoms with Crippen LogP contribution in [0.5, 0.6) is 0 Å². The molecule has 2 aromatic carbocycles. The van der Waals surface area contributed by atoms with Crippen LogP contribution in [-0.4, -0.2) is 31.6 Å². The fraction of sp³-hybridized carbons (Fsp3) is 0.0690. The normalized spacial score (nSPS) is 11.2. The Morgan fingerprint density at radius 1 is 0.825 bits per heavy atom. The van der Waals surface area contributed by atoms with Crippen LogP contribution in [-0.2, 0) is 12.7 Å². The van der Waals surface area contributed by atoms with Crippen molar-refractivity contribution in [3.8, 4) is 16.9 Å². The highest BCUT2D eigenvalue weighted by atomic mass is 19.4. The average Bonchev–Trinajstić information content (AvgIpc) is 3.44. The Labute approximate surface area is 226 Å². The lowest BCUT2D eigenvalue weighted by Crippen LogP contribution is -2.23. The third-order valence-electron chi connectivity index (χ3n) is 5.87. The Morgan fingerprint density at radius 3 is 2.27 bits per heavy atom. The third-order valence-corrected chi connectivity index (χ3v) is 5.87. The third kappa shape index (κ3) is 6.04. The summed E-state index contributed by atoms with van der Waals surface area (Å²) in [5.74, 6) is -0.765. The van der Waals surface area contributed by atoms with Gasteiger partial charge in [0.25, 0.3) is 11.8 Å². The minimum atomic E-state index is -4.67. The van der Waals surface area contributed by atoms with Crippen molar-refractivity contribution in [1.29, 1.82) is 0 Å². The van der Waals surface area contributed by atoms with Gasteiger partial charge in [0.1, 0.15) is 11.5 Å². The molecule has 40 heavy (non-hydrogen) atoms. The maximum Gasteiger partial charge on any atom is 0.433 e. The highest BCUT2D eigenvalue weighted by Gasteiger charge is 2.36. The van der Waals surface area contributed by atoms with Crippen LogP contribution in [0.3, 0.4) is 0 Å². The molecule has 0 fully saturated rings. The Morgan fingerprint density at radius 2 is 1.60 bits per heavy atom. The van der Waals surface area contributed by atoms with Crippen LogP contribution >= 0.6 is 0 Å². The highest BCUT2D eigenvalue weighted by molar-refractivity contribution is 6.05. The molecular formula is C29H21F3N6O2. The van der Waals surface area contributed by atoms with Gasteiger partial charge in [-0.05, 0) is 54.1 Å². The molecule has 3 aromatic heterocycles. The molecular weight excluding hydrogens is 521 g/mol. The molecule has 0 saturated carbocycles. The molecule has 0 radical (unpaired) electrons. The van der Waals surface area contributed by atoms with E-state index in [1.807, 2.05) is 30.3 Å². The van der Waals surface area contributed by atoms with E-state index in [2.05, 4.69) is 25.7 Å². The fourth-order valence-electron chi connectivity index (χ4n) is 3.89. The van der Waals surface area contributed by atoms with Gasteiger partial charge in [0, 0.05) is 35.6 Å². The van der Waals surface area contributed by atoms with E-state index in [0.29, 0.717) is 17.7 Å². The SMILES string of the molecule is O=C(NCc1ccccc1)c1cccc(C(=O)Nc2ccc(-n3nc(-c4cccnc4)cc3C(F)(F)F)cn2)c1. The Bertz CT molecular complexity index is 1640. The van der Waals surface area contributed by atoms with Crippen LogP contribution in [0, 0.1) is 0 Å². The quantitative estimate of drug-likeness (QED) is 0.282. The monoisotopic (exact) mass is 542 g/mol. The molecule has 0 unspecified atom stereocenters. The van der Waals surface area contributed by atoms with E-state index in [1.54, 1.807) is 24.3 Å². The highest BCUT2D eigenvalue weighted by Crippen LogP contribution is 2.34. The van der Waals surface area contributed by atoms with Gasteiger partial charge in [-0.25, -0.2) is 9.67 Å². The summed E-state index contributed by atoms with van der Waals surface area (Å²) in [6.45, 7) is 0.336. The van der Waals surface area contributed by atoms with Crippen molar-refractivity contribution in [3.63, 3.8) is 0 Å². The molecule has 0 aliphatic rings. The molecule has 8 nitrogen and oxygen atoms in total. The number of halogens is 3. The maximum absolute atomic E-state index is 13.7. The largest absolute Gasteiger partial charge is 0.433 e. The van der Waals surface area contributed by atoms with Gasteiger partial charge in [-0.2, -0.15) is 18.3 Å². The van der Waals surface area contributed by atoms with Gasteiger partial charge in [-0.3, -0.25) is 14.6 Å². The second-order valence-electron chi connectivity index (χ2n) is 8.67. The fourth-order valence-corrected chi connectivity index (χ4v) is 3.89. The lowest BCUT2D eigenvalue weighted by atomic mass is 10.1. The van der Waals surface area contributed by atoms with E-state index in [1.165, 1.54) is 42.9 Å². The second-order valence-corrected chi connectivity index (χ2v) is 8.67. The van der Waals surface area contributed by atoms with E-state index in [4.69, 9.17) is 0 Å². The summed E-state index contributed by atoms with van der Waals surface area (Å²) >= 11 is 0. The molecule has 5 rings (SSSR count). The predicted molar refractivity (Wildman–Crippen MR) is 142 cm³/mol. The Balaban J connectivity index is 1.30. The molecule has 0 aliphatic heterocycles. The number of nitrogens with one attached hydrogen (secondary N) is 2. The summed E-state index contributed by atoms with van der Waals surface area (Å²) in [5.41, 5.74) is 1.06. The van der Waals surface area contributed by atoms with Crippen molar-refractivity contribution in [2.45, 2.75) is 12.7 Å². The summed E-state index contributed by atoms with van der Waals surface area (Å²) in [6.07, 6.45) is -0.554. The Kier molecular flexibility index (Phi) is 7.36. The molecule has 0 spiro atoms. The predicted octanol–water partition coefficient (Wildman–Crippen LogP) is 5.53. The van der Waals surface area contributed by atoms with Gasteiger partial charge in [0.05, 0.1) is 17.6 Å². The number of amides is 2. The maximum atomic E-state index is 13.7. The number of anilines is 1. The molecule has 2 amide bonds. The molecule has 3 heterocycles. The number of carbonyl (C=O) groups excluding carboxylic acids is 2. The zero-order valence-corrected chi connectivity index (χ0v) is 20.8. The number of aromatic nitrogens is 4. The van der Waals surface area contributed by atoms with Crippen molar-refractivity contribution in [2.75, 3.05) is 5.32 Å². The second kappa shape index (κ2) is 11.2. The Hall–Kier alpha value is -5.32. The molecule has 5 aromatic rings. The van der Waals surface area contributed by atoms with Crippen molar-refractivity contribution in [2.24, 2.45) is 0 Å². The number of alkyl halides is 3. The van der Waals surface area contributed by atoms with E-state index < -0.39 is 17.8 Å². The minimum Gasteiger partial charge on any atom is -0.348 e. The summed E-state index contributed by atoms with van der Waals surface area (Å²) < 4.78 is 42.0. The topological polar surface area (TPSA) is 102 Å². The van der Waals surface area contributed by atoms with Gasteiger partial charge in [-0.15, -0.1) is 0 Å². The van der Waals surface area contributed by atoms with E-state index in [-0.39, 0.29) is 28.7 Å². The van der Waals surface area contributed by atoms with E-state index >= 15 is 0 Å². The number of rotatable bonds is 7. The summed E-state index contributed by atoms with van der Waals surface area (Å²) in [7, 11) is 0. The molecule has 0 atom stereocenters. The van der Waals surface area contributed by atoms with Crippen LogP contribution in [0.1, 0.15) is 32.0 Å².